The first-order valence-corrected chi connectivity index (χ1v) is 9.99. The van der Waals surface area contributed by atoms with Gasteiger partial charge in [0.05, 0.1) is 11.1 Å². The van der Waals surface area contributed by atoms with Gasteiger partial charge < -0.3 is 14.5 Å². The molecular weight excluding hydrogens is 374 g/mol. The van der Waals surface area contributed by atoms with Gasteiger partial charge in [0, 0.05) is 52.5 Å². The summed E-state index contributed by atoms with van der Waals surface area (Å²) >= 11 is 0. The summed E-state index contributed by atoms with van der Waals surface area (Å²) in [5.74, 6) is -0.289. The van der Waals surface area contributed by atoms with E-state index in [-0.39, 0.29) is 11.5 Å². The Hall–Kier alpha value is -3.86. The fraction of sp³-hybridized carbons (Fsp3) is 0.120. The van der Waals surface area contributed by atoms with Gasteiger partial charge in [0.2, 0.25) is 0 Å². The van der Waals surface area contributed by atoms with Crippen LogP contribution in [0.3, 0.4) is 0 Å². The topological polar surface area (TPSA) is 56.0 Å². The highest BCUT2D eigenvalue weighted by atomic mass is 16.2. The van der Waals surface area contributed by atoms with E-state index in [2.05, 4.69) is 28.9 Å². The second kappa shape index (κ2) is 6.88. The van der Waals surface area contributed by atoms with Crippen molar-refractivity contribution in [1.29, 1.82) is 0 Å². The number of para-hydroxylation sites is 2. The van der Waals surface area contributed by atoms with Crippen LogP contribution in [0.4, 0.5) is 5.69 Å². The monoisotopic (exact) mass is 395 g/mol. The molecule has 0 radical (unpaired) electrons. The van der Waals surface area contributed by atoms with Gasteiger partial charge >= 0.3 is 0 Å². The molecular formula is C25H21N3O2. The lowest BCUT2D eigenvalue weighted by atomic mass is 10.1. The van der Waals surface area contributed by atoms with Crippen molar-refractivity contribution in [2.75, 3.05) is 5.32 Å². The standard InChI is InChI=1S/C25H21N3O2/c1-3-28-22-11-7-5-8-17(22)19-14-16(12-13-23(19)28)26-25(30)20-15-24(29)27(2)21-10-6-4-9-18(20)21/h4-15H,3H2,1-2H3,(H,26,30). The van der Waals surface area contributed by atoms with E-state index in [1.165, 1.54) is 11.6 Å². The highest BCUT2D eigenvalue weighted by Crippen LogP contribution is 2.31. The first-order valence-electron chi connectivity index (χ1n) is 9.99. The average Bonchev–Trinajstić information content (AvgIpc) is 3.09. The van der Waals surface area contributed by atoms with Gasteiger partial charge in [-0.05, 0) is 37.3 Å². The molecule has 2 aromatic heterocycles. The lowest BCUT2D eigenvalue weighted by molar-refractivity contribution is 0.102. The molecule has 5 heteroatoms. The van der Waals surface area contributed by atoms with Gasteiger partial charge in [-0.1, -0.05) is 36.4 Å². The van der Waals surface area contributed by atoms with Crippen LogP contribution >= 0.6 is 0 Å². The summed E-state index contributed by atoms with van der Waals surface area (Å²) in [4.78, 5) is 25.4. The Balaban J connectivity index is 1.61. The molecule has 0 aliphatic heterocycles. The minimum Gasteiger partial charge on any atom is -0.341 e. The van der Waals surface area contributed by atoms with E-state index in [0.29, 0.717) is 11.3 Å². The molecule has 2 heterocycles. The molecule has 5 nitrogen and oxygen atoms in total. The second-order valence-electron chi connectivity index (χ2n) is 7.42. The maximum Gasteiger partial charge on any atom is 0.256 e. The molecule has 0 saturated heterocycles. The first-order chi connectivity index (χ1) is 14.6. The summed E-state index contributed by atoms with van der Waals surface area (Å²) in [7, 11) is 1.71. The molecule has 0 atom stereocenters. The van der Waals surface area contributed by atoms with Crippen molar-refractivity contribution in [2.45, 2.75) is 13.5 Å². The normalized spacial score (nSPS) is 11.4. The Labute approximate surface area is 173 Å². The van der Waals surface area contributed by atoms with E-state index in [9.17, 15) is 9.59 Å². The van der Waals surface area contributed by atoms with Gasteiger partial charge in [0.1, 0.15) is 0 Å². The number of aryl methyl sites for hydroxylation is 2. The molecule has 0 unspecified atom stereocenters. The van der Waals surface area contributed by atoms with Crippen LogP contribution in [0, 0.1) is 0 Å². The first kappa shape index (κ1) is 18.2. The number of aromatic nitrogens is 2. The van der Waals surface area contributed by atoms with E-state index in [1.807, 2.05) is 54.6 Å². The number of hydrogen-bond donors (Lipinski definition) is 1. The van der Waals surface area contributed by atoms with Gasteiger partial charge in [-0.2, -0.15) is 0 Å². The van der Waals surface area contributed by atoms with Gasteiger partial charge in [0.15, 0.2) is 0 Å². The number of benzene rings is 3. The van der Waals surface area contributed by atoms with E-state index in [4.69, 9.17) is 0 Å². The van der Waals surface area contributed by atoms with Crippen molar-refractivity contribution in [3.8, 4) is 0 Å². The number of carbonyl (C=O) groups excluding carboxylic acids is 1. The lowest BCUT2D eigenvalue weighted by Gasteiger charge is -2.11. The number of fused-ring (bicyclic) bond motifs is 4. The molecule has 3 aromatic carbocycles. The number of nitrogens with one attached hydrogen (secondary N) is 1. The number of carbonyl (C=O) groups is 1. The van der Waals surface area contributed by atoms with Crippen molar-refractivity contribution in [2.24, 2.45) is 7.05 Å². The largest absolute Gasteiger partial charge is 0.341 e. The molecule has 0 saturated carbocycles. The van der Waals surface area contributed by atoms with Crippen LogP contribution in [0.1, 0.15) is 17.3 Å². The maximum absolute atomic E-state index is 13.1. The van der Waals surface area contributed by atoms with Crippen LogP contribution < -0.4 is 10.9 Å². The highest BCUT2D eigenvalue weighted by molar-refractivity contribution is 6.14. The van der Waals surface area contributed by atoms with E-state index < -0.39 is 0 Å². The fourth-order valence-electron chi connectivity index (χ4n) is 4.27. The molecule has 5 aromatic rings. The van der Waals surface area contributed by atoms with E-state index >= 15 is 0 Å². The molecule has 0 aliphatic carbocycles. The van der Waals surface area contributed by atoms with Crippen LogP contribution in [0.15, 0.2) is 77.6 Å². The van der Waals surface area contributed by atoms with Crippen molar-refractivity contribution in [1.82, 2.24) is 9.13 Å². The number of pyridine rings is 1. The van der Waals surface area contributed by atoms with Crippen LogP contribution in [-0.2, 0) is 13.6 Å². The van der Waals surface area contributed by atoms with Crippen molar-refractivity contribution < 1.29 is 4.79 Å². The third-order valence-corrected chi connectivity index (χ3v) is 5.75. The number of anilines is 1. The molecule has 1 N–H and O–H groups in total. The summed E-state index contributed by atoms with van der Waals surface area (Å²) in [6, 6.07) is 23.1. The molecule has 0 spiro atoms. The number of hydrogen-bond acceptors (Lipinski definition) is 2. The number of rotatable bonds is 3. The molecule has 30 heavy (non-hydrogen) atoms. The molecule has 1 amide bonds. The van der Waals surface area contributed by atoms with Crippen molar-refractivity contribution in [3.63, 3.8) is 0 Å². The summed E-state index contributed by atoms with van der Waals surface area (Å²) < 4.78 is 3.82. The zero-order valence-electron chi connectivity index (χ0n) is 16.8. The van der Waals surface area contributed by atoms with Crippen molar-refractivity contribution >= 4 is 44.3 Å². The van der Waals surface area contributed by atoms with Gasteiger partial charge in [0.25, 0.3) is 11.5 Å². The summed E-state index contributed by atoms with van der Waals surface area (Å²) in [6.07, 6.45) is 0. The Morgan fingerprint density at radius 3 is 2.27 bits per heavy atom. The fourth-order valence-corrected chi connectivity index (χ4v) is 4.27. The summed E-state index contributed by atoms with van der Waals surface area (Å²) in [6.45, 7) is 3.00. The van der Waals surface area contributed by atoms with Gasteiger partial charge in [-0.25, -0.2) is 0 Å². The highest BCUT2D eigenvalue weighted by Gasteiger charge is 2.15. The van der Waals surface area contributed by atoms with Crippen LogP contribution in [-0.4, -0.2) is 15.0 Å². The Kier molecular flexibility index (Phi) is 4.17. The number of amides is 1. The quantitative estimate of drug-likeness (QED) is 0.471. The third kappa shape index (κ3) is 2.70. The summed E-state index contributed by atoms with van der Waals surface area (Å²) in [5.41, 5.74) is 3.92. The van der Waals surface area contributed by atoms with Crippen LogP contribution in [0.5, 0.6) is 0 Å². The zero-order chi connectivity index (χ0) is 20.8. The molecule has 0 aliphatic rings. The van der Waals surface area contributed by atoms with Crippen LogP contribution in [0.2, 0.25) is 0 Å². The van der Waals surface area contributed by atoms with E-state index in [0.717, 1.165) is 33.7 Å². The second-order valence-corrected chi connectivity index (χ2v) is 7.42. The maximum atomic E-state index is 13.1. The minimum atomic E-state index is -0.289. The molecule has 0 fully saturated rings. The SMILES string of the molecule is CCn1c2ccccc2c2cc(NC(=O)c3cc(=O)n(C)c4ccccc34)ccc21. The van der Waals surface area contributed by atoms with Gasteiger partial charge in [-0.3, -0.25) is 9.59 Å². The molecule has 5 rings (SSSR count). The van der Waals surface area contributed by atoms with Crippen LogP contribution in [0.25, 0.3) is 32.7 Å². The minimum absolute atomic E-state index is 0.208. The zero-order valence-corrected chi connectivity index (χ0v) is 16.8. The van der Waals surface area contributed by atoms with Crippen molar-refractivity contribution in [3.05, 3.63) is 88.7 Å². The Morgan fingerprint density at radius 2 is 1.50 bits per heavy atom. The molecule has 0 bridgehead atoms. The smallest absolute Gasteiger partial charge is 0.256 e. The predicted molar refractivity (Wildman–Crippen MR) is 122 cm³/mol. The number of nitrogens with zero attached hydrogens (tertiary/aromatic N) is 2. The third-order valence-electron chi connectivity index (χ3n) is 5.75. The Bertz CT molecular complexity index is 1510. The Morgan fingerprint density at radius 1 is 0.833 bits per heavy atom. The predicted octanol–water partition coefficient (Wildman–Crippen LogP) is 4.92. The molecule has 148 valence electrons. The summed E-state index contributed by atoms with van der Waals surface area (Å²) in [5, 5.41) is 5.99. The average molecular weight is 395 g/mol. The lowest BCUT2D eigenvalue weighted by Crippen LogP contribution is -2.21. The van der Waals surface area contributed by atoms with E-state index in [1.54, 1.807) is 11.6 Å². The van der Waals surface area contributed by atoms with Gasteiger partial charge in [-0.15, -0.1) is 0 Å².